The average molecular weight is 324 g/mol. The molecular weight excluding hydrogens is 292 g/mol. The lowest BCUT2D eigenvalue weighted by molar-refractivity contribution is 0.221. The summed E-state index contributed by atoms with van der Waals surface area (Å²) in [6.07, 6.45) is 0.844. The van der Waals surface area contributed by atoms with Gasteiger partial charge < -0.3 is 10.2 Å². The summed E-state index contributed by atoms with van der Waals surface area (Å²) >= 11 is 1.20. The summed E-state index contributed by atoms with van der Waals surface area (Å²) in [5.74, 6) is 0.543. The molecule has 4 nitrogen and oxygen atoms in total. The third kappa shape index (κ3) is 2.50. The van der Waals surface area contributed by atoms with E-state index in [4.69, 9.17) is 9.60 Å². The number of hydrogen-bond acceptors (Lipinski definition) is 5. The van der Waals surface area contributed by atoms with Gasteiger partial charge in [-0.1, -0.05) is 0 Å². The van der Waals surface area contributed by atoms with Crippen LogP contribution in [0.3, 0.4) is 0 Å². The second-order valence-electron chi connectivity index (χ2n) is 6.00. The molecule has 0 radical (unpaired) electrons. The van der Waals surface area contributed by atoms with E-state index in [0.717, 1.165) is 25.7 Å². The van der Waals surface area contributed by atoms with Crippen LogP contribution in [0.2, 0.25) is 0 Å². The molecule has 2 aliphatic rings. The van der Waals surface area contributed by atoms with Crippen molar-refractivity contribution in [2.75, 3.05) is 19.3 Å². The second kappa shape index (κ2) is 5.78. The summed E-state index contributed by atoms with van der Waals surface area (Å²) in [6, 6.07) is 0.117. The monoisotopic (exact) mass is 323 g/mol. The molecule has 0 unspecified atom stereocenters. The number of anilines is 1. The molecule has 0 aromatic carbocycles. The maximum atomic E-state index is 8.36. The van der Waals surface area contributed by atoms with Gasteiger partial charge in [0, 0.05) is 26.6 Å². The zero-order valence-corrected chi connectivity index (χ0v) is 13.3. The Morgan fingerprint density at radius 1 is 1.32 bits per heavy atom. The molecule has 5 heteroatoms. The number of hydrogen-bond donors (Lipinski definition) is 1. The Bertz CT molecular complexity index is 918. The van der Waals surface area contributed by atoms with Crippen LogP contribution >= 0.6 is 11.3 Å². The van der Waals surface area contributed by atoms with E-state index in [1.807, 2.05) is 0 Å². The summed E-state index contributed by atoms with van der Waals surface area (Å²) in [5, 5.41) is 3.99. The first-order chi connectivity index (χ1) is 13.4. The third-order valence-electron chi connectivity index (χ3n) is 4.59. The topological polar surface area (TPSA) is 41.1 Å². The summed E-state index contributed by atoms with van der Waals surface area (Å²) in [6.45, 7) is -2.09. The van der Waals surface area contributed by atoms with Crippen LogP contribution in [-0.4, -0.2) is 41.0 Å². The number of aromatic nitrogens is 2. The minimum absolute atomic E-state index is 0.0118. The number of thiophene rings is 1. The Hall–Kier alpha value is -1.20. The number of rotatable bonds is 3. The van der Waals surface area contributed by atoms with Crippen molar-refractivity contribution in [1.82, 2.24) is 14.9 Å². The number of nitrogens with zero attached hydrogens (tertiary/aromatic N) is 3. The fourth-order valence-electron chi connectivity index (χ4n) is 3.35. The number of fused-ring (bicyclic) bond motifs is 3. The zero-order valence-electron chi connectivity index (χ0n) is 19.5. The van der Waals surface area contributed by atoms with Gasteiger partial charge in [0.25, 0.3) is 0 Å². The van der Waals surface area contributed by atoms with Crippen molar-refractivity contribution in [2.45, 2.75) is 56.9 Å². The van der Waals surface area contributed by atoms with Crippen LogP contribution in [0, 0.1) is 0 Å². The Kier molecular flexibility index (Phi) is 2.26. The van der Waals surface area contributed by atoms with Crippen LogP contribution in [0.1, 0.15) is 52.1 Å². The van der Waals surface area contributed by atoms with E-state index in [-0.39, 0.29) is 18.5 Å². The van der Waals surface area contributed by atoms with Crippen LogP contribution in [0.15, 0.2) is 6.33 Å². The molecule has 2 aliphatic carbocycles. The minimum Gasteiger partial charge on any atom is -0.367 e. The first-order valence-electron chi connectivity index (χ1n) is 11.2. The molecule has 2 aromatic rings. The highest BCUT2D eigenvalue weighted by Gasteiger charge is 2.25. The number of aryl methyl sites for hydroxylation is 2. The van der Waals surface area contributed by atoms with Crippen molar-refractivity contribution in [3.8, 4) is 0 Å². The van der Waals surface area contributed by atoms with Crippen molar-refractivity contribution < 1.29 is 9.60 Å². The minimum atomic E-state index is -2.09. The highest BCUT2D eigenvalue weighted by atomic mass is 32.1. The number of nitrogens with one attached hydrogen (secondary N) is 1. The smallest absolute Gasteiger partial charge is 0.138 e. The van der Waals surface area contributed by atoms with Gasteiger partial charge in [0.1, 0.15) is 17.0 Å². The van der Waals surface area contributed by atoms with Gasteiger partial charge in [-0.05, 0) is 64.4 Å². The molecule has 0 bridgehead atoms. The first kappa shape index (κ1) is 8.60. The fourth-order valence-corrected chi connectivity index (χ4v) is 4.36. The van der Waals surface area contributed by atoms with Crippen molar-refractivity contribution in [2.24, 2.45) is 0 Å². The molecule has 118 valence electrons. The average Bonchev–Trinajstić information content (AvgIpc) is 3.10. The molecule has 0 spiro atoms. The van der Waals surface area contributed by atoms with Crippen LogP contribution < -0.4 is 5.32 Å². The molecule has 22 heavy (non-hydrogen) atoms. The van der Waals surface area contributed by atoms with Gasteiger partial charge in [-0.3, -0.25) is 0 Å². The fraction of sp³-hybridized carbons (Fsp3) is 0.647. The molecule has 1 fully saturated rings. The van der Waals surface area contributed by atoms with Gasteiger partial charge in [0.05, 0.1) is 5.39 Å². The normalized spacial score (nSPS) is 34.7. The standard InChI is InChI=1S/C17H24N4S/c1-21(2)12-8-6-11(7-9-12)20-16-15-13-4-3-5-14(13)22-17(15)19-10-18-16/h10-12H,3-9H2,1-2H3,(H,18,19,20)/i1D3,4D2,5D2. The lowest BCUT2D eigenvalue weighted by atomic mass is 9.90. The Balaban J connectivity index is 1.58. The van der Waals surface area contributed by atoms with E-state index in [1.165, 1.54) is 22.6 Å². The van der Waals surface area contributed by atoms with Gasteiger partial charge in [0.15, 0.2) is 0 Å². The third-order valence-corrected chi connectivity index (χ3v) is 5.64. The quantitative estimate of drug-likeness (QED) is 0.939. The second-order valence-corrected chi connectivity index (χ2v) is 7.00. The van der Waals surface area contributed by atoms with Gasteiger partial charge in [-0.15, -0.1) is 11.3 Å². The SMILES string of the molecule is [2H]C1([2H])CC([2H])([2H])c2c1sc1ncnc(NC3CCC(N(C)C([2H])([2H])[2H])CC3)c21. The highest BCUT2D eigenvalue weighted by molar-refractivity contribution is 7.19. The van der Waals surface area contributed by atoms with E-state index in [0.29, 0.717) is 26.5 Å². The van der Waals surface area contributed by atoms with Gasteiger partial charge in [-0.25, -0.2) is 9.97 Å². The predicted octanol–water partition coefficient (Wildman–Crippen LogP) is 3.46. The molecule has 2 heterocycles. The Labute approximate surface area is 145 Å². The zero-order chi connectivity index (χ0) is 21.2. The Morgan fingerprint density at radius 3 is 3.00 bits per heavy atom. The van der Waals surface area contributed by atoms with E-state index in [2.05, 4.69) is 15.3 Å². The highest BCUT2D eigenvalue weighted by Crippen LogP contribution is 2.39. The molecular formula is C17H24N4S. The maximum absolute atomic E-state index is 8.36. The first-order valence-corrected chi connectivity index (χ1v) is 8.50. The van der Waals surface area contributed by atoms with Gasteiger partial charge in [0.2, 0.25) is 0 Å². The van der Waals surface area contributed by atoms with Gasteiger partial charge in [-0.2, -0.15) is 0 Å². The van der Waals surface area contributed by atoms with Crippen LogP contribution in [0.25, 0.3) is 10.2 Å². The largest absolute Gasteiger partial charge is 0.367 e. The van der Waals surface area contributed by atoms with Crippen LogP contribution in [0.4, 0.5) is 5.82 Å². The molecule has 4 rings (SSSR count). The van der Waals surface area contributed by atoms with Crippen molar-refractivity contribution >= 4 is 27.4 Å². The van der Waals surface area contributed by atoms with Gasteiger partial charge >= 0.3 is 0 Å². The van der Waals surface area contributed by atoms with Crippen LogP contribution in [-0.2, 0) is 12.7 Å². The lowest BCUT2D eigenvalue weighted by Gasteiger charge is -2.33. The van der Waals surface area contributed by atoms with E-state index < -0.39 is 19.7 Å². The van der Waals surface area contributed by atoms with E-state index in [9.17, 15) is 0 Å². The van der Waals surface area contributed by atoms with Crippen molar-refractivity contribution in [1.29, 1.82) is 0 Å². The van der Waals surface area contributed by atoms with Crippen LogP contribution in [0.5, 0.6) is 0 Å². The molecule has 2 aromatic heterocycles. The maximum Gasteiger partial charge on any atom is 0.138 e. The molecule has 0 saturated heterocycles. The summed E-state index contributed by atoms with van der Waals surface area (Å²) in [5.41, 5.74) is 0.376. The summed E-state index contributed by atoms with van der Waals surface area (Å²) in [7, 11) is 1.64. The molecule has 0 aliphatic heterocycles. The van der Waals surface area contributed by atoms with Crippen molar-refractivity contribution in [3.05, 3.63) is 16.8 Å². The Morgan fingerprint density at radius 2 is 2.18 bits per heavy atom. The summed E-state index contributed by atoms with van der Waals surface area (Å²) in [4.78, 5) is 11.1. The molecule has 0 amide bonds. The molecule has 0 atom stereocenters. The van der Waals surface area contributed by atoms with Crippen molar-refractivity contribution in [3.63, 3.8) is 0 Å². The van der Waals surface area contributed by atoms with E-state index >= 15 is 0 Å². The lowest BCUT2D eigenvalue weighted by Crippen LogP contribution is -2.36. The molecule has 1 N–H and O–H groups in total. The van der Waals surface area contributed by atoms with E-state index in [1.54, 1.807) is 7.05 Å². The predicted molar refractivity (Wildman–Crippen MR) is 92.8 cm³/mol. The molecule has 1 saturated carbocycles. The summed E-state index contributed by atoms with van der Waals surface area (Å²) < 4.78 is 55.9.